The van der Waals surface area contributed by atoms with Gasteiger partial charge in [0, 0.05) is 96.9 Å². The normalized spacial score (nSPS) is 17.2. The molecule has 2 atom stereocenters. The first-order valence-electron chi connectivity index (χ1n) is 16.2. The molecule has 0 unspecified atom stereocenters. The molecule has 2 aliphatic rings. The molecule has 4 N–H and O–H groups in total. The van der Waals surface area contributed by atoms with Gasteiger partial charge in [-0.25, -0.2) is 8.78 Å². The van der Waals surface area contributed by atoms with Gasteiger partial charge in [-0.15, -0.1) is 0 Å². The van der Waals surface area contributed by atoms with E-state index in [0.717, 1.165) is 12.8 Å². The van der Waals surface area contributed by atoms with Crippen molar-refractivity contribution < 1.29 is 27.8 Å². The predicted octanol–water partition coefficient (Wildman–Crippen LogP) is 5.82. The number of aromatic nitrogens is 2. The van der Waals surface area contributed by atoms with Crippen molar-refractivity contribution in [2.75, 3.05) is 27.3 Å². The van der Waals surface area contributed by atoms with Crippen molar-refractivity contribution in [2.45, 2.75) is 50.9 Å². The molecular weight excluding hydrogens is 689 g/mol. The minimum atomic E-state index is -0.505. The number of rotatable bonds is 13. The molecule has 14 heteroatoms. The minimum absolute atomic E-state index is 0.00338. The Balaban J connectivity index is 1.24. The molecule has 4 aromatic rings. The number of nitrogens with zero attached hydrogens (tertiary/aromatic N) is 2. The molecule has 0 bridgehead atoms. The van der Waals surface area contributed by atoms with E-state index in [4.69, 9.17) is 32.7 Å². The summed E-state index contributed by atoms with van der Waals surface area (Å²) >= 11 is 13.9. The summed E-state index contributed by atoms with van der Waals surface area (Å²) in [5.74, 6) is -0.349. The van der Waals surface area contributed by atoms with E-state index in [-0.39, 0.29) is 47.0 Å². The molecule has 50 heavy (non-hydrogen) atoms. The highest BCUT2D eigenvalue weighted by atomic mass is 35.5. The van der Waals surface area contributed by atoms with Gasteiger partial charge in [0.25, 0.3) is 0 Å². The van der Waals surface area contributed by atoms with E-state index in [1.165, 1.54) is 26.4 Å². The summed E-state index contributed by atoms with van der Waals surface area (Å²) in [4.78, 5) is 31.9. The van der Waals surface area contributed by atoms with Gasteiger partial charge in [-0.2, -0.15) is 0 Å². The van der Waals surface area contributed by atoms with Gasteiger partial charge in [-0.3, -0.25) is 19.6 Å². The number of hydrogen-bond acceptors (Lipinski definition) is 8. The van der Waals surface area contributed by atoms with Crippen LogP contribution in [0.1, 0.15) is 36.8 Å². The van der Waals surface area contributed by atoms with Gasteiger partial charge in [0.2, 0.25) is 11.8 Å². The van der Waals surface area contributed by atoms with Crippen LogP contribution in [-0.2, 0) is 22.7 Å². The second-order valence-corrected chi connectivity index (χ2v) is 12.9. The molecule has 2 saturated heterocycles. The van der Waals surface area contributed by atoms with Crippen molar-refractivity contribution in [1.82, 2.24) is 31.2 Å². The van der Waals surface area contributed by atoms with Gasteiger partial charge in [0.1, 0.15) is 23.1 Å². The zero-order valence-corrected chi connectivity index (χ0v) is 29.0. The maximum atomic E-state index is 15.5. The van der Waals surface area contributed by atoms with Gasteiger partial charge in [0.15, 0.2) is 0 Å². The lowest BCUT2D eigenvalue weighted by molar-refractivity contribution is -0.120. The number of ether oxygens (including phenoxy) is 2. The first-order valence-corrected chi connectivity index (χ1v) is 17.0. The molecule has 2 aromatic heterocycles. The van der Waals surface area contributed by atoms with Crippen LogP contribution >= 0.6 is 23.2 Å². The van der Waals surface area contributed by atoms with Gasteiger partial charge in [-0.05, 0) is 49.2 Å². The zero-order chi connectivity index (χ0) is 35.4. The topological polar surface area (TPSA) is 127 Å². The molecule has 0 radical (unpaired) electrons. The Morgan fingerprint density at radius 1 is 0.740 bits per heavy atom. The molecule has 0 spiro atoms. The standard InChI is InChI=1S/C36H36Cl2F2N6O4/c1-49-29-13-19(11-27(39)25(29)17-41-15-21-3-5-31(47)45-21)35-33(37)23(7-9-43-35)24-8-10-44-36(34(24)38)20-12-28(40)26(30(14-20)50-2)18-42-16-22-4-6-32(48)46-22/h7-14,21-22,41-42H,3-6,15-18H2,1-2H3,(H,45,47)(H,46,48)/t21-,22-/m1/s1. The fourth-order valence-corrected chi connectivity index (χ4v) is 6.96. The Hall–Kier alpha value is -4.36. The number of halogens is 4. The van der Waals surface area contributed by atoms with Crippen LogP contribution in [0, 0.1) is 11.6 Å². The summed E-state index contributed by atoms with van der Waals surface area (Å²) in [6, 6.07) is 9.43. The average molecular weight is 726 g/mol. The second-order valence-electron chi connectivity index (χ2n) is 12.2. The summed E-state index contributed by atoms with van der Waals surface area (Å²) in [6.07, 6.45) is 5.52. The summed E-state index contributed by atoms with van der Waals surface area (Å²) in [5.41, 5.74) is 3.12. The number of carbonyl (C=O) groups is 2. The minimum Gasteiger partial charge on any atom is -0.496 e. The lowest BCUT2D eigenvalue weighted by Gasteiger charge is -2.17. The maximum absolute atomic E-state index is 15.5. The molecule has 2 amide bonds. The zero-order valence-electron chi connectivity index (χ0n) is 27.5. The van der Waals surface area contributed by atoms with Crippen molar-refractivity contribution >= 4 is 35.0 Å². The van der Waals surface area contributed by atoms with Crippen LogP contribution in [-0.4, -0.2) is 61.2 Å². The van der Waals surface area contributed by atoms with E-state index < -0.39 is 11.6 Å². The highest BCUT2D eigenvalue weighted by Gasteiger charge is 2.24. The molecule has 4 heterocycles. The third-order valence-corrected chi connectivity index (χ3v) is 9.68. The average Bonchev–Trinajstić information content (AvgIpc) is 3.72. The summed E-state index contributed by atoms with van der Waals surface area (Å²) in [7, 11) is 2.92. The van der Waals surface area contributed by atoms with Crippen LogP contribution in [0.3, 0.4) is 0 Å². The largest absolute Gasteiger partial charge is 0.496 e. The number of carbonyl (C=O) groups excluding carboxylic acids is 2. The van der Waals surface area contributed by atoms with Crippen LogP contribution in [0.2, 0.25) is 10.0 Å². The first kappa shape index (κ1) is 35.5. The van der Waals surface area contributed by atoms with Crippen molar-refractivity contribution in [3.63, 3.8) is 0 Å². The molecule has 0 aliphatic carbocycles. The number of hydrogen-bond donors (Lipinski definition) is 4. The van der Waals surface area contributed by atoms with E-state index in [9.17, 15) is 9.59 Å². The number of benzene rings is 2. The Labute approximate surface area is 298 Å². The molecule has 10 nitrogen and oxygen atoms in total. The van der Waals surface area contributed by atoms with Crippen molar-refractivity contribution in [1.29, 1.82) is 0 Å². The fourth-order valence-electron chi connectivity index (χ4n) is 6.31. The van der Waals surface area contributed by atoms with Crippen molar-refractivity contribution in [3.8, 4) is 45.1 Å². The molecule has 2 aliphatic heterocycles. The molecule has 2 aromatic carbocycles. The predicted molar refractivity (Wildman–Crippen MR) is 187 cm³/mol. The monoisotopic (exact) mass is 724 g/mol. The number of methoxy groups -OCH3 is 2. The summed E-state index contributed by atoms with van der Waals surface area (Å²) in [5, 5.41) is 12.6. The van der Waals surface area contributed by atoms with Crippen LogP contribution in [0.25, 0.3) is 33.6 Å². The van der Waals surface area contributed by atoms with Crippen molar-refractivity contribution in [2.24, 2.45) is 0 Å². The number of amides is 2. The maximum Gasteiger partial charge on any atom is 0.220 e. The Morgan fingerprint density at radius 2 is 1.16 bits per heavy atom. The van der Waals surface area contributed by atoms with Gasteiger partial charge < -0.3 is 30.7 Å². The first-order chi connectivity index (χ1) is 24.2. The second kappa shape index (κ2) is 15.7. The third kappa shape index (κ3) is 7.68. The Kier molecular flexibility index (Phi) is 11.1. The quantitative estimate of drug-likeness (QED) is 0.136. The summed E-state index contributed by atoms with van der Waals surface area (Å²) < 4.78 is 42.1. The number of nitrogens with one attached hydrogen (secondary N) is 4. The smallest absolute Gasteiger partial charge is 0.220 e. The van der Waals surface area contributed by atoms with E-state index in [0.29, 0.717) is 82.2 Å². The Bertz CT molecular complexity index is 1790. The third-order valence-electron chi connectivity index (χ3n) is 8.92. The van der Waals surface area contributed by atoms with Crippen LogP contribution in [0.5, 0.6) is 11.5 Å². The van der Waals surface area contributed by atoms with Crippen LogP contribution in [0.4, 0.5) is 8.78 Å². The summed E-state index contributed by atoms with van der Waals surface area (Å²) in [6.45, 7) is 1.40. The van der Waals surface area contributed by atoms with Crippen molar-refractivity contribution in [3.05, 3.63) is 81.6 Å². The lowest BCUT2D eigenvalue weighted by atomic mass is 9.99. The number of pyridine rings is 2. The van der Waals surface area contributed by atoms with Crippen LogP contribution in [0.15, 0.2) is 48.8 Å². The van der Waals surface area contributed by atoms with Gasteiger partial charge in [0.05, 0.1) is 35.7 Å². The van der Waals surface area contributed by atoms with Crippen LogP contribution < -0.4 is 30.7 Å². The van der Waals surface area contributed by atoms with Gasteiger partial charge >= 0.3 is 0 Å². The molecule has 2 fully saturated rings. The fraction of sp³-hybridized carbons (Fsp3) is 0.333. The SMILES string of the molecule is COc1cc(-c2nccc(-c3ccnc(-c4cc(F)c(CNC[C@H]5CCC(=O)N5)c(OC)c4)c3Cl)c2Cl)cc(F)c1CNC[C@H]1CCC(=O)N1. The molecule has 0 saturated carbocycles. The van der Waals surface area contributed by atoms with E-state index >= 15 is 8.78 Å². The highest BCUT2D eigenvalue weighted by molar-refractivity contribution is 6.39. The molecule has 262 valence electrons. The molecule has 6 rings (SSSR count). The Morgan fingerprint density at radius 3 is 1.52 bits per heavy atom. The molecular formula is C36H36Cl2F2N6O4. The van der Waals surface area contributed by atoms with E-state index in [1.54, 1.807) is 36.7 Å². The lowest BCUT2D eigenvalue weighted by Crippen LogP contribution is -2.35. The van der Waals surface area contributed by atoms with Gasteiger partial charge in [-0.1, -0.05) is 23.2 Å². The van der Waals surface area contributed by atoms with E-state index in [2.05, 4.69) is 31.2 Å². The van der Waals surface area contributed by atoms with E-state index in [1.807, 2.05) is 0 Å². The highest BCUT2D eigenvalue weighted by Crippen LogP contribution is 2.42.